The minimum atomic E-state index is -0.135. The summed E-state index contributed by atoms with van der Waals surface area (Å²) in [6, 6.07) is 37.5. The van der Waals surface area contributed by atoms with Crippen LogP contribution in [-0.2, 0) is 0 Å². The Labute approximate surface area is 246 Å². The fourth-order valence-electron chi connectivity index (χ4n) is 5.98. The van der Waals surface area contributed by atoms with Crippen LogP contribution in [0.2, 0.25) is 0 Å². The first-order valence-electron chi connectivity index (χ1n) is 14.5. The zero-order chi connectivity index (χ0) is 28.6. The van der Waals surface area contributed by atoms with Crippen molar-refractivity contribution in [1.29, 1.82) is 0 Å². The molecule has 3 heterocycles. The van der Waals surface area contributed by atoms with Gasteiger partial charge >= 0.3 is 0 Å². The van der Waals surface area contributed by atoms with Gasteiger partial charge in [0.25, 0.3) is 0 Å². The first-order chi connectivity index (χ1) is 20.7. The first-order valence-corrected chi connectivity index (χ1v) is 14.5. The molecule has 2 aliphatic heterocycles. The summed E-state index contributed by atoms with van der Waals surface area (Å²) in [6.45, 7) is 8.37. The molecule has 0 radical (unpaired) electrons. The van der Waals surface area contributed by atoms with E-state index < -0.39 is 0 Å². The number of anilines is 3. The highest BCUT2D eigenvalue weighted by Gasteiger charge is 2.41. The SMILES string of the molecule is CCN(CC)c1ccc(NC2=Nc3ccccc3N3C2=Nc2c(c(C)nn2-c2ccccc2)C3c2ccccc2)cc1. The zero-order valence-electron chi connectivity index (χ0n) is 24.1. The standard InChI is InChI=1S/C35H33N7/c1-4-40(5-2)27-22-20-26(21-23-27)36-33-35-38-34-31(24(3)39-42(34)28-16-10-7-11-17-28)32(25-14-8-6-9-15-25)41(35)30-19-13-12-18-29(30)37-33/h6-23,32H,4-5H2,1-3H3,(H,36,37). The number of aromatic nitrogens is 2. The maximum absolute atomic E-state index is 5.33. The largest absolute Gasteiger partial charge is 0.372 e. The lowest BCUT2D eigenvalue weighted by Gasteiger charge is -2.40. The van der Waals surface area contributed by atoms with E-state index in [-0.39, 0.29) is 6.04 Å². The van der Waals surface area contributed by atoms with Crippen LogP contribution < -0.4 is 15.1 Å². The minimum Gasteiger partial charge on any atom is -0.372 e. The van der Waals surface area contributed by atoms with Crippen molar-refractivity contribution in [2.24, 2.45) is 9.98 Å². The predicted octanol–water partition coefficient (Wildman–Crippen LogP) is 7.82. The van der Waals surface area contributed by atoms with E-state index in [1.807, 2.05) is 28.9 Å². The Morgan fingerprint density at radius 1 is 0.762 bits per heavy atom. The number of aryl methyl sites for hydroxylation is 1. The molecule has 1 atom stereocenters. The second kappa shape index (κ2) is 10.7. The Balaban J connectivity index is 1.41. The molecule has 7 rings (SSSR count). The minimum absolute atomic E-state index is 0.135. The average molecular weight is 552 g/mol. The second-order valence-corrected chi connectivity index (χ2v) is 10.5. The number of aliphatic imine (C=N–C) groups is 2. The Kier molecular flexibility index (Phi) is 6.55. The van der Waals surface area contributed by atoms with Crippen LogP contribution >= 0.6 is 0 Å². The van der Waals surface area contributed by atoms with Gasteiger partial charge in [0.2, 0.25) is 0 Å². The predicted molar refractivity (Wildman–Crippen MR) is 173 cm³/mol. The molecular weight excluding hydrogens is 518 g/mol. The van der Waals surface area contributed by atoms with Crippen LogP contribution in [0.4, 0.5) is 28.6 Å². The van der Waals surface area contributed by atoms with Crippen molar-refractivity contribution in [3.05, 3.63) is 126 Å². The van der Waals surface area contributed by atoms with Gasteiger partial charge in [-0.2, -0.15) is 5.10 Å². The normalized spacial score (nSPS) is 15.2. The molecule has 42 heavy (non-hydrogen) atoms. The van der Waals surface area contributed by atoms with Gasteiger partial charge < -0.3 is 15.1 Å². The number of amidine groups is 2. The molecule has 2 aliphatic rings. The van der Waals surface area contributed by atoms with Gasteiger partial charge in [-0.1, -0.05) is 60.7 Å². The van der Waals surface area contributed by atoms with Gasteiger partial charge in [-0.25, -0.2) is 14.7 Å². The van der Waals surface area contributed by atoms with Gasteiger partial charge in [0.05, 0.1) is 28.8 Å². The van der Waals surface area contributed by atoms with E-state index in [9.17, 15) is 0 Å². The number of benzene rings is 4. The molecule has 0 bridgehead atoms. The topological polar surface area (TPSA) is 61.0 Å². The van der Waals surface area contributed by atoms with Gasteiger partial charge in [-0.3, -0.25) is 0 Å². The number of fused-ring (bicyclic) bond motifs is 4. The highest BCUT2D eigenvalue weighted by atomic mass is 15.4. The highest BCUT2D eigenvalue weighted by molar-refractivity contribution is 6.51. The summed E-state index contributed by atoms with van der Waals surface area (Å²) in [5.41, 5.74) is 8.26. The third-order valence-corrected chi connectivity index (χ3v) is 8.01. The van der Waals surface area contributed by atoms with E-state index in [0.717, 1.165) is 58.7 Å². The van der Waals surface area contributed by atoms with E-state index in [2.05, 4.69) is 121 Å². The van der Waals surface area contributed by atoms with Gasteiger partial charge in [-0.15, -0.1) is 0 Å². The molecule has 7 nitrogen and oxygen atoms in total. The molecular formula is C35H33N7. The molecule has 0 spiro atoms. The van der Waals surface area contributed by atoms with Crippen molar-refractivity contribution in [3.8, 4) is 5.69 Å². The number of nitrogens with zero attached hydrogens (tertiary/aromatic N) is 6. The summed E-state index contributed by atoms with van der Waals surface area (Å²) in [4.78, 5) is 15.1. The summed E-state index contributed by atoms with van der Waals surface area (Å²) in [7, 11) is 0. The molecule has 0 fully saturated rings. The second-order valence-electron chi connectivity index (χ2n) is 10.5. The van der Waals surface area contributed by atoms with Gasteiger partial charge in [0.1, 0.15) is 0 Å². The summed E-state index contributed by atoms with van der Waals surface area (Å²) in [6.07, 6.45) is 0. The summed E-state index contributed by atoms with van der Waals surface area (Å²) < 4.78 is 1.96. The van der Waals surface area contributed by atoms with E-state index in [1.54, 1.807) is 0 Å². The Morgan fingerprint density at radius 3 is 2.14 bits per heavy atom. The van der Waals surface area contributed by atoms with Gasteiger partial charge in [0, 0.05) is 30.0 Å². The smallest absolute Gasteiger partial charge is 0.179 e. The molecule has 7 heteroatoms. The highest BCUT2D eigenvalue weighted by Crippen LogP contribution is 2.48. The van der Waals surface area contributed by atoms with Crippen LogP contribution in [0.3, 0.4) is 0 Å². The number of rotatable bonds is 6. The molecule has 0 aliphatic carbocycles. The van der Waals surface area contributed by atoms with Crippen LogP contribution in [0.5, 0.6) is 0 Å². The Morgan fingerprint density at radius 2 is 1.43 bits per heavy atom. The van der Waals surface area contributed by atoms with E-state index >= 15 is 0 Å². The lowest BCUT2D eigenvalue weighted by Crippen LogP contribution is -2.46. The third-order valence-electron chi connectivity index (χ3n) is 8.01. The van der Waals surface area contributed by atoms with Crippen LogP contribution in [0.15, 0.2) is 119 Å². The fraction of sp³-hybridized carbons (Fsp3) is 0.171. The Bertz CT molecular complexity index is 1780. The number of hydrogen-bond acceptors (Lipinski definition) is 6. The van der Waals surface area contributed by atoms with Gasteiger partial charge in [0.15, 0.2) is 17.5 Å². The van der Waals surface area contributed by atoms with Crippen LogP contribution in [0.25, 0.3) is 5.69 Å². The molecule has 5 aromatic rings. The van der Waals surface area contributed by atoms with Crippen LogP contribution in [0, 0.1) is 6.92 Å². The van der Waals surface area contributed by atoms with Crippen LogP contribution in [0.1, 0.15) is 36.7 Å². The maximum Gasteiger partial charge on any atom is 0.179 e. The quantitative estimate of drug-likeness (QED) is 0.234. The summed E-state index contributed by atoms with van der Waals surface area (Å²) >= 11 is 0. The average Bonchev–Trinajstić information content (AvgIpc) is 3.38. The van der Waals surface area contributed by atoms with Crippen molar-refractivity contribution in [2.75, 3.05) is 28.2 Å². The molecule has 1 aromatic heterocycles. The molecule has 208 valence electrons. The molecule has 1 N–H and O–H groups in total. The van der Waals surface area contributed by atoms with E-state index in [4.69, 9.17) is 15.1 Å². The summed E-state index contributed by atoms with van der Waals surface area (Å²) in [5.74, 6) is 2.29. The van der Waals surface area contributed by atoms with Crippen molar-refractivity contribution < 1.29 is 0 Å². The van der Waals surface area contributed by atoms with Gasteiger partial charge in [-0.05, 0) is 74.9 Å². The van der Waals surface area contributed by atoms with E-state index in [0.29, 0.717) is 5.84 Å². The first kappa shape index (κ1) is 25.8. The maximum atomic E-state index is 5.33. The number of nitrogens with one attached hydrogen (secondary N) is 1. The third kappa shape index (κ3) is 4.34. The number of para-hydroxylation sites is 3. The van der Waals surface area contributed by atoms with Crippen molar-refractivity contribution in [2.45, 2.75) is 26.8 Å². The summed E-state index contributed by atoms with van der Waals surface area (Å²) in [5, 5.41) is 8.64. The molecule has 0 saturated carbocycles. The molecule has 4 aromatic carbocycles. The lowest BCUT2D eigenvalue weighted by molar-refractivity contribution is 0.815. The lowest BCUT2D eigenvalue weighted by atomic mass is 9.93. The monoisotopic (exact) mass is 551 g/mol. The van der Waals surface area contributed by atoms with Crippen molar-refractivity contribution >= 4 is 40.2 Å². The molecule has 0 saturated heterocycles. The van der Waals surface area contributed by atoms with E-state index in [1.165, 1.54) is 11.3 Å². The van der Waals surface area contributed by atoms with Crippen molar-refractivity contribution in [1.82, 2.24) is 9.78 Å². The number of hydrogen-bond donors (Lipinski definition) is 1. The Hall–Kier alpha value is -5.17. The molecule has 0 amide bonds. The fourth-order valence-corrected chi connectivity index (χ4v) is 5.98. The van der Waals surface area contributed by atoms with Crippen molar-refractivity contribution in [3.63, 3.8) is 0 Å². The zero-order valence-corrected chi connectivity index (χ0v) is 24.1. The van der Waals surface area contributed by atoms with Crippen LogP contribution in [-0.4, -0.2) is 34.5 Å². The molecule has 1 unspecified atom stereocenters.